The van der Waals surface area contributed by atoms with Gasteiger partial charge < -0.3 is 25.2 Å². The van der Waals surface area contributed by atoms with Gasteiger partial charge in [-0.25, -0.2) is 4.79 Å². The fraction of sp³-hybridized carbons (Fsp3) is 0.348. The third kappa shape index (κ3) is 6.91. The Morgan fingerprint density at radius 2 is 1.81 bits per heavy atom. The van der Waals surface area contributed by atoms with Crippen LogP contribution in [-0.4, -0.2) is 66.2 Å². The quantitative estimate of drug-likeness (QED) is 0.639. The number of aliphatic carboxylic acids is 1. The van der Waals surface area contributed by atoms with Gasteiger partial charge in [-0.3, -0.25) is 9.59 Å². The number of amides is 1. The minimum Gasteiger partial charge on any atom is -0.481 e. The summed E-state index contributed by atoms with van der Waals surface area (Å²) in [5.74, 6) is -1.27. The fourth-order valence-electron chi connectivity index (χ4n) is 3.30. The lowest BCUT2D eigenvalue weighted by Gasteiger charge is -2.20. The Labute approximate surface area is 181 Å². The Morgan fingerprint density at radius 1 is 1.06 bits per heavy atom. The second-order valence-corrected chi connectivity index (χ2v) is 7.02. The van der Waals surface area contributed by atoms with Crippen molar-refractivity contribution in [1.82, 2.24) is 10.2 Å². The van der Waals surface area contributed by atoms with Gasteiger partial charge in [0.1, 0.15) is 0 Å². The van der Waals surface area contributed by atoms with Crippen molar-refractivity contribution in [3.63, 3.8) is 0 Å². The molecule has 1 aliphatic heterocycles. The van der Waals surface area contributed by atoms with E-state index in [2.05, 4.69) is 5.32 Å². The van der Waals surface area contributed by atoms with Gasteiger partial charge in [0.15, 0.2) is 0 Å². The predicted octanol–water partition coefficient (Wildman–Crippen LogP) is 2.16. The number of nitrogens with zero attached hydrogens (tertiary/aromatic N) is 1. The SMILES string of the molecule is CC(=O)O.COC(=O)c1ccc(-c2cccc(C(=O)N3CCCNCC3)c2)c(CO)c1. The second-order valence-electron chi connectivity index (χ2n) is 7.02. The lowest BCUT2D eigenvalue weighted by molar-refractivity contribution is -0.134. The average molecular weight is 428 g/mol. The van der Waals surface area contributed by atoms with Crippen molar-refractivity contribution in [3.05, 3.63) is 59.2 Å². The van der Waals surface area contributed by atoms with Gasteiger partial charge in [0, 0.05) is 32.1 Å². The number of carboxylic acids is 1. The first-order valence-corrected chi connectivity index (χ1v) is 9.99. The van der Waals surface area contributed by atoms with Crippen LogP contribution in [0.5, 0.6) is 0 Å². The van der Waals surface area contributed by atoms with E-state index >= 15 is 0 Å². The molecule has 0 spiro atoms. The number of methoxy groups -OCH3 is 1. The van der Waals surface area contributed by atoms with Crippen molar-refractivity contribution in [2.24, 2.45) is 0 Å². The number of benzene rings is 2. The molecule has 0 bridgehead atoms. The van der Waals surface area contributed by atoms with Crippen LogP contribution in [0.3, 0.4) is 0 Å². The van der Waals surface area contributed by atoms with Crippen LogP contribution in [0.25, 0.3) is 11.1 Å². The topological polar surface area (TPSA) is 116 Å². The van der Waals surface area contributed by atoms with E-state index in [4.69, 9.17) is 14.6 Å². The second kappa shape index (κ2) is 11.8. The van der Waals surface area contributed by atoms with Crippen LogP contribution in [0, 0.1) is 0 Å². The Balaban J connectivity index is 0.000000785. The van der Waals surface area contributed by atoms with Crippen LogP contribution >= 0.6 is 0 Å². The predicted molar refractivity (Wildman–Crippen MR) is 116 cm³/mol. The zero-order valence-corrected chi connectivity index (χ0v) is 17.8. The van der Waals surface area contributed by atoms with Crippen LogP contribution in [0.2, 0.25) is 0 Å². The molecule has 166 valence electrons. The van der Waals surface area contributed by atoms with Crippen molar-refractivity contribution in [2.45, 2.75) is 20.0 Å². The van der Waals surface area contributed by atoms with E-state index in [1.54, 1.807) is 18.2 Å². The van der Waals surface area contributed by atoms with E-state index < -0.39 is 11.9 Å². The van der Waals surface area contributed by atoms with Crippen molar-refractivity contribution in [2.75, 3.05) is 33.3 Å². The van der Waals surface area contributed by atoms with Crippen LogP contribution in [0.4, 0.5) is 0 Å². The molecule has 0 saturated carbocycles. The molecule has 3 rings (SSSR count). The first-order chi connectivity index (χ1) is 14.9. The molecule has 1 heterocycles. The van der Waals surface area contributed by atoms with Crippen molar-refractivity contribution >= 4 is 17.8 Å². The summed E-state index contributed by atoms with van der Waals surface area (Å²) in [6.07, 6.45) is 0.940. The minimum atomic E-state index is -0.833. The first kappa shape index (κ1) is 24.0. The summed E-state index contributed by atoms with van der Waals surface area (Å²) in [5, 5.41) is 20.5. The normalized spacial score (nSPS) is 13.5. The summed E-state index contributed by atoms with van der Waals surface area (Å²) in [7, 11) is 1.32. The molecular formula is C23H28N2O6. The number of carbonyl (C=O) groups is 3. The van der Waals surface area contributed by atoms with E-state index in [0.29, 0.717) is 23.2 Å². The maximum Gasteiger partial charge on any atom is 0.337 e. The van der Waals surface area contributed by atoms with Crippen LogP contribution in [0.15, 0.2) is 42.5 Å². The number of aliphatic hydroxyl groups excluding tert-OH is 1. The maximum absolute atomic E-state index is 12.9. The van der Waals surface area contributed by atoms with Crippen molar-refractivity contribution in [3.8, 4) is 11.1 Å². The molecule has 0 aromatic heterocycles. The standard InChI is InChI=1S/C21H24N2O4.C2H4O2/c1-27-21(26)17-6-7-19(18(13-17)14-24)15-4-2-5-16(12-15)20(25)23-10-3-8-22-9-11-23;1-2(3)4/h2,4-7,12-13,22,24H,3,8-11,14H2,1H3;1H3,(H,3,4). The maximum atomic E-state index is 12.9. The lowest BCUT2D eigenvalue weighted by atomic mass is 9.96. The largest absolute Gasteiger partial charge is 0.481 e. The van der Waals surface area contributed by atoms with Gasteiger partial charge in [-0.1, -0.05) is 18.2 Å². The molecule has 2 aromatic rings. The molecule has 2 aromatic carbocycles. The van der Waals surface area contributed by atoms with Crippen LogP contribution in [-0.2, 0) is 16.1 Å². The van der Waals surface area contributed by atoms with Crippen molar-refractivity contribution in [1.29, 1.82) is 0 Å². The zero-order chi connectivity index (χ0) is 22.8. The number of hydrogen-bond donors (Lipinski definition) is 3. The molecule has 0 aliphatic carbocycles. The molecular weight excluding hydrogens is 400 g/mol. The highest BCUT2D eigenvalue weighted by atomic mass is 16.5. The average Bonchev–Trinajstić information content (AvgIpc) is 3.07. The Kier molecular flexibility index (Phi) is 9.17. The molecule has 3 N–H and O–H groups in total. The summed E-state index contributed by atoms with van der Waals surface area (Å²) < 4.78 is 4.73. The van der Waals surface area contributed by atoms with E-state index in [1.807, 2.05) is 29.2 Å². The van der Waals surface area contributed by atoms with Crippen LogP contribution in [0.1, 0.15) is 39.6 Å². The molecule has 1 fully saturated rings. The van der Waals surface area contributed by atoms with E-state index in [1.165, 1.54) is 7.11 Å². The van der Waals surface area contributed by atoms with Gasteiger partial charge in [-0.2, -0.15) is 0 Å². The summed E-state index contributed by atoms with van der Waals surface area (Å²) >= 11 is 0. The third-order valence-corrected chi connectivity index (χ3v) is 4.74. The summed E-state index contributed by atoms with van der Waals surface area (Å²) in [6.45, 7) is 4.03. The van der Waals surface area contributed by atoms with Gasteiger partial charge in [-0.15, -0.1) is 0 Å². The van der Waals surface area contributed by atoms with Gasteiger partial charge in [0.05, 0.1) is 19.3 Å². The number of esters is 1. The minimum absolute atomic E-state index is 0.0114. The van der Waals surface area contributed by atoms with Gasteiger partial charge in [0.25, 0.3) is 11.9 Å². The van der Waals surface area contributed by atoms with Gasteiger partial charge in [0.2, 0.25) is 0 Å². The lowest BCUT2D eigenvalue weighted by Crippen LogP contribution is -2.34. The molecule has 8 heteroatoms. The highest BCUT2D eigenvalue weighted by Gasteiger charge is 2.18. The van der Waals surface area contributed by atoms with Crippen molar-refractivity contribution < 1.29 is 29.3 Å². The van der Waals surface area contributed by atoms with E-state index in [-0.39, 0.29) is 12.5 Å². The molecule has 31 heavy (non-hydrogen) atoms. The monoisotopic (exact) mass is 428 g/mol. The van der Waals surface area contributed by atoms with Gasteiger partial charge >= 0.3 is 5.97 Å². The summed E-state index contributed by atoms with van der Waals surface area (Å²) in [4.78, 5) is 35.4. The molecule has 1 aliphatic rings. The highest BCUT2D eigenvalue weighted by Crippen LogP contribution is 2.26. The Morgan fingerprint density at radius 3 is 2.48 bits per heavy atom. The Bertz CT molecular complexity index is 916. The molecule has 8 nitrogen and oxygen atoms in total. The molecule has 0 unspecified atom stereocenters. The number of carboxylic acid groups (broad SMARTS) is 1. The third-order valence-electron chi connectivity index (χ3n) is 4.74. The van der Waals surface area contributed by atoms with E-state index in [0.717, 1.165) is 44.1 Å². The first-order valence-electron chi connectivity index (χ1n) is 9.99. The number of carbonyl (C=O) groups excluding carboxylic acids is 2. The zero-order valence-electron chi connectivity index (χ0n) is 17.8. The Hall–Kier alpha value is -3.23. The molecule has 0 radical (unpaired) electrons. The number of ether oxygens (including phenoxy) is 1. The van der Waals surface area contributed by atoms with Crippen LogP contribution < -0.4 is 5.32 Å². The van der Waals surface area contributed by atoms with Gasteiger partial charge in [-0.05, 0) is 53.9 Å². The molecule has 0 atom stereocenters. The number of hydrogen-bond acceptors (Lipinski definition) is 6. The number of nitrogens with one attached hydrogen (secondary N) is 1. The number of rotatable bonds is 4. The van der Waals surface area contributed by atoms with E-state index in [9.17, 15) is 14.7 Å². The fourth-order valence-corrected chi connectivity index (χ4v) is 3.30. The summed E-state index contributed by atoms with van der Waals surface area (Å²) in [5.41, 5.74) is 3.23. The highest BCUT2D eigenvalue weighted by molar-refractivity contribution is 5.96. The summed E-state index contributed by atoms with van der Waals surface area (Å²) in [6, 6.07) is 12.4. The smallest absolute Gasteiger partial charge is 0.337 e. The molecule has 1 amide bonds. The number of aliphatic hydroxyl groups is 1. The molecule has 1 saturated heterocycles.